The van der Waals surface area contributed by atoms with Crippen LogP contribution in [0.15, 0.2) is 54.7 Å². The van der Waals surface area contributed by atoms with Crippen LogP contribution >= 0.6 is 6.49 Å². The Balaban J connectivity index is 2.39. The number of aromatic nitrogens is 1. The fraction of sp³-hybridized carbons (Fsp3) is 0.118. The van der Waals surface area contributed by atoms with Crippen LogP contribution in [0.3, 0.4) is 0 Å². The minimum atomic E-state index is -3.55. The molecular weight excluding hydrogens is 313 g/mol. The van der Waals surface area contributed by atoms with E-state index in [0.717, 1.165) is 27.6 Å². The summed E-state index contributed by atoms with van der Waals surface area (Å²) < 4.78 is 0. The van der Waals surface area contributed by atoms with E-state index >= 15 is 0 Å². The normalized spacial score (nSPS) is 11.8. The first-order valence-electron chi connectivity index (χ1n) is 7.04. The molecule has 1 heterocycles. The number of pyridine rings is 1. The quantitative estimate of drug-likeness (QED) is 0.723. The van der Waals surface area contributed by atoms with Crippen molar-refractivity contribution in [3.8, 4) is 11.1 Å². The molecule has 3 nitrogen and oxygen atoms in total. The molecule has 0 radical (unpaired) electrons. The zero-order valence-corrected chi connectivity index (χ0v) is 13.8. The third kappa shape index (κ3) is 2.71. The topological polar surface area (TPSA) is 53.4 Å². The number of nitrogens with zero attached hydrogens (tertiary/aromatic N) is 1. The van der Waals surface area contributed by atoms with E-state index in [1.165, 1.54) is 0 Å². The number of para-hydroxylation sites is 1. The SMILES string of the molecule is CCc1cccc(-c2cccc3cccnc23)c1P(O)(O)=S. The van der Waals surface area contributed by atoms with Crippen LogP contribution in [0, 0.1) is 0 Å². The Morgan fingerprint density at radius 2 is 1.68 bits per heavy atom. The Bertz CT molecular complexity index is 883. The molecule has 0 saturated heterocycles. The van der Waals surface area contributed by atoms with Crippen LogP contribution in [0.1, 0.15) is 12.5 Å². The number of benzene rings is 2. The van der Waals surface area contributed by atoms with E-state index in [4.69, 9.17) is 11.8 Å². The highest BCUT2D eigenvalue weighted by Gasteiger charge is 2.22. The van der Waals surface area contributed by atoms with E-state index in [1.54, 1.807) is 6.20 Å². The van der Waals surface area contributed by atoms with Crippen LogP contribution in [-0.4, -0.2) is 14.8 Å². The molecule has 0 spiro atoms. The molecule has 3 aromatic rings. The molecule has 0 aliphatic heterocycles. The maximum absolute atomic E-state index is 10.2. The fourth-order valence-corrected chi connectivity index (χ4v) is 4.52. The second-order valence-corrected chi connectivity index (χ2v) is 8.15. The van der Waals surface area contributed by atoms with E-state index in [2.05, 4.69) is 4.98 Å². The summed E-state index contributed by atoms with van der Waals surface area (Å²) >= 11 is 5.02. The van der Waals surface area contributed by atoms with Gasteiger partial charge in [0.15, 0.2) is 0 Å². The van der Waals surface area contributed by atoms with E-state index in [-0.39, 0.29) is 0 Å². The molecule has 0 aliphatic rings. The Hall–Kier alpha value is -1.58. The third-order valence-electron chi connectivity index (χ3n) is 3.71. The molecule has 0 fully saturated rings. The van der Waals surface area contributed by atoms with Crippen molar-refractivity contribution < 1.29 is 9.79 Å². The maximum Gasteiger partial charge on any atom is 0.215 e. The molecule has 22 heavy (non-hydrogen) atoms. The van der Waals surface area contributed by atoms with Crippen molar-refractivity contribution in [2.45, 2.75) is 13.3 Å². The third-order valence-corrected chi connectivity index (χ3v) is 5.37. The summed E-state index contributed by atoms with van der Waals surface area (Å²) in [5, 5.41) is 1.49. The molecule has 0 atom stereocenters. The average molecular weight is 329 g/mol. The molecule has 3 rings (SSSR count). The average Bonchev–Trinajstić information content (AvgIpc) is 2.52. The molecule has 0 amide bonds. The number of rotatable bonds is 3. The van der Waals surface area contributed by atoms with Crippen LogP contribution in [-0.2, 0) is 18.2 Å². The van der Waals surface area contributed by atoms with Crippen molar-refractivity contribution in [3.63, 3.8) is 0 Å². The zero-order valence-electron chi connectivity index (χ0n) is 12.1. The van der Waals surface area contributed by atoms with Crippen LogP contribution in [0.25, 0.3) is 22.0 Å². The van der Waals surface area contributed by atoms with Crippen molar-refractivity contribution in [1.82, 2.24) is 4.98 Å². The molecule has 2 aromatic carbocycles. The first-order valence-corrected chi connectivity index (χ1v) is 9.75. The Morgan fingerprint density at radius 3 is 2.41 bits per heavy atom. The van der Waals surface area contributed by atoms with Gasteiger partial charge in [-0.25, -0.2) is 0 Å². The highest BCUT2D eigenvalue weighted by atomic mass is 32.5. The van der Waals surface area contributed by atoms with Gasteiger partial charge >= 0.3 is 0 Å². The summed E-state index contributed by atoms with van der Waals surface area (Å²) in [7, 11) is 0. The van der Waals surface area contributed by atoms with Crippen LogP contribution in [0.2, 0.25) is 0 Å². The highest BCUT2D eigenvalue weighted by molar-refractivity contribution is 8.12. The summed E-state index contributed by atoms with van der Waals surface area (Å²) in [5.74, 6) is 0. The monoisotopic (exact) mass is 329 g/mol. The minimum absolute atomic E-state index is 0.477. The van der Waals surface area contributed by atoms with Crippen molar-refractivity contribution in [2.75, 3.05) is 0 Å². The molecule has 0 bridgehead atoms. The molecule has 1 aromatic heterocycles. The van der Waals surface area contributed by atoms with Crippen molar-refractivity contribution in [3.05, 3.63) is 60.3 Å². The first kappa shape index (κ1) is 15.3. The van der Waals surface area contributed by atoms with Crippen molar-refractivity contribution >= 4 is 34.5 Å². The van der Waals surface area contributed by atoms with Gasteiger partial charge in [-0.1, -0.05) is 49.4 Å². The number of fused-ring (bicyclic) bond motifs is 1. The zero-order chi connectivity index (χ0) is 15.7. The lowest BCUT2D eigenvalue weighted by atomic mass is 9.99. The molecule has 0 aliphatic carbocycles. The lowest BCUT2D eigenvalue weighted by molar-refractivity contribution is 0.493. The van der Waals surface area contributed by atoms with Crippen molar-refractivity contribution in [2.24, 2.45) is 0 Å². The van der Waals surface area contributed by atoms with Gasteiger partial charge < -0.3 is 9.79 Å². The molecule has 5 heteroatoms. The molecular formula is C17H16NO2PS. The summed E-state index contributed by atoms with van der Waals surface area (Å²) in [5.41, 5.74) is 3.35. The Kier molecular flexibility index (Phi) is 4.11. The molecule has 2 N–H and O–H groups in total. The van der Waals surface area contributed by atoms with E-state index in [0.29, 0.717) is 11.7 Å². The predicted molar refractivity (Wildman–Crippen MR) is 94.9 cm³/mol. The largest absolute Gasteiger partial charge is 0.342 e. The van der Waals surface area contributed by atoms with Gasteiger partial charge in [0, 0.05) is 22.5 Å². The van der Waals surface area contributed by atoms with Gasteiger partial charge in [0.2, 0.25) is 6.49 Å². The van der Waals surface area contributed by atoms with E-state index in [1.807, 2.05) is 55.5 Å². The predicted octanol–water partition coefficient (Wildman–Crippen LogP) is 3.38. The number of aryl methyl sites for hydroxylation is 1. The maximum atomic E-state index is 10.2. The second kappa shape index (κ2) is 5.90. The Morgan fingerprint density at radius 1 is 1.00 bits per heavy atom. The number of hydrogen-bond donors (Lipinski definition) is 2. The molecule has 0 saturated carbocycles. The molecule has 112 valence electrons. The van der Waals surface area contributed by atoms with Crippen molar-refractivity contribution in [1.29, 1.82) is 0 Å². The van der Waals surface area contributed by atoms with Gasteiger partial charge in [0.1, 0.15) is 0 Å². The van der Waals surface area contributed by atoms with Crippen LogP contribution in [0.4, 0.5) is 0 Å². The first-order chi connectivity index (χ1) is 10.5. The second-order valence-electron chi connectivity index (χ2n) is 5.09. The minimum Gasteiger partial charge on any atom is -0.342 e. The van der Waals surface area contributed by atoms with E-state index < -0.39 is 6.49 Å². The van der Waals surface area contributed by atoms with Gasteiger partial charge in [0.25, 0.3) is 0 Å². The summed E-state index contributed by atoms with van der Waals surface area (Å²) in [6.45, 7) is -1.57. The van der Waals surface area contributed by atoms with Gasteiger partial charge in [-0.05, 0) is 35.4 Å². The molecule has 0 unspecified atom stereocenters. The van der Waals surface area contributed by atoms with Gasteiger partial charge in [0.05, 0.1) is 5.52 Å². The van der Waals surface area contributed by atoms with Crippen LogP contribution < -0.4 is 5.30 Å². The summed E-state index contributed by atoms with van der Waals surface area (Å²) in [6, 6.07) is 15.4. The highest BCUT2D eigenvalue weighted by Crippen LogP contribution is 2.41. The lowest BCUT2D eigenvalue weighted by Gasteiger charge is -2.18. The fourth-order valence-electron chi connectivity index (χ4n) is 2.76. The summed E-state index contributed by atoms with van der Waals surface area (Å²) in [6.07, 6.45) is 2.43. The Labute approximate surface area is 134 Å². The standard InChI is InChI=1S/C17H16NO2PS/c1-2-12-6-3-10-15(17(12)21(19,20)22)14-9-4-7-13-8-5-11-18-16(13)14/h3-11H,2H2,1H3,(H2,19,20,22). The number of hydrogen-bond acceptors (Lipinski definition) is 2. The van der Waals surface area contributed by atoms with Crippen LogP contribution in [0.5, 0.6) is 0 Å². The van der Waals surface area contributed by atoms with Gasteiger partial charge in [-0.3, -0.25) is 4.98 Å². The van der Waals surface area contributed by atoms with Gasteiger partial charge in [-0.2, -0.15) is 0 Å². The smallest absolute Gasteiger partial charge is 0.215 e. The van der Waals surface area contributed by atoms with Gasteiger partial charge in [-0.15, -0.1) is 0 Å². The summed E-state index contributed by atoms with van der Waals surface area (Å²) in [4.78, 5) is 24.8. The lowest BCUT2D eigenvalue weighted by Crippen LogP contribution is -2.14. The van der Waals surface area contributed by atoms with E-state index in [9.17, 15) is 9.79 Å².